The van der Waals surface area contributed by atoms with Gasteiger partial charge in [0.1, 0.15) is 0 Å². The van der Waals surface area contributed by atoms with E-state index in [1.54, 1.807) is 5.32 Å². The second-order valence-corrected chi connectivity index (χ2v) is 4.20. The summed E-state index contributed by atoms with van der Waals surface area (Å²) in [5.41, 5.74) is 1.01. The van der Waals surface area contributed by atoms with Crippen LogP contribution in [0.15, 0.2) is 24.3 Å². The third kappa shape index (κ3) is 4.25. The number of rotatable bonds is 3. The molecular formula is C11H10F6N2O2. The number of hydrogen-bond donors (Lipinski definition) is 2. The third-order valence-corrected chi connectivity index (χ3v) is 2.42. The SMILES string of the molecule is CC(N)(C(=O)Nc1ccccc1OC(F)(F)F)C(F)(F)F. The van der Waals surface area contributed by atoms with Gasteiger partial charge in [-0.2, -0.15) is 13.2 Å². The number of nitrogens with two attached hydrogens (primary N) is 1. The number of para-hydroxylation sites is 2. The molecule has 0 fully saturated rings. The topological polar surface area (TPSA) is 64.4 Å². The summed E-state index contributed by atoms with van der Waals surface area (Å²) in [5.74, 6) is -2.57. The standard InChI is InChI=1S/C11H10F6N2O2/c1-9(18,10(12,13)14)8(20)19-6-4-2-3-5-7(6)21-11(15,16)17/h2-5H,18H2,1H3,(H,19,20). The summed E-state index contributed by atoms with van der Waals surface area (Å²) in [7, 11) is 0. The van der Waals surface area contributed by atoms with Crippen LogP contribution in [0.5, 0.6) is 5.75 Å². The minimum Gasteiger partial charge on any atom is -0.404 e. The van der Waals surface area contributed by atoms with Crippen molar-refractivity contribution in [2.45, 2.75) is 25.0 Å². The number of anilines is 1. The molecule has 1 rings (SSSR count). The molecule has 0 saturated carbocycles. The number of nitrogens with one attached hydrogen (secondary N) is 1. The van der Waals surface area contributed by atoms with E-state index in [4.69, 9.17) is 5.73 Å². The van der Waals surface area contributed by atoms with Crippen molar-refractivity contribution >= 4 is 11.6 Å². The molecule has 1 unspecified atom stereocenters. The highest BCUT2D eigenvalue weighted by Crippen LogP contribution is 2.33. The van der Waals surface area contributed by atoms with Gasteiger partial charge in [-0.3, -0.25) is 4.79 Å². The highest BCUT2D eigenvalue weighted by molar-refractivity contribution is 5.99. The molecule has 118 valence electrons. The van der Waals surface area contributed by atoms with E-state index in [0.717, 1.165) is 18.2 Å². The molecule has 1 aromatic carbocycles. The first-order chi connectivity index (χ1) is 9.34. The van der Waals surface area contributed by atoms with Crippen molar-refractivity contribution in [3.05, 3.63) is 24.3 Å². The van der Waals surface area contributed by atoms with Crippen LogP contribution in [0.1, 0.15) is 6.92 Å². The fourth-order valence-electron chi connectivity index (χ4n) is 1.16. The molecule has 1 amide bonds. The lowest BCUT2D eigenvalue weighted by atomic mass is 10.0. The maximum Gasteiger partial charge on any atom is 0.573 e. The molecule has 0 aromatic heterocycles. The summed E-state index contributed by atoms with van der Waals surface area (Å²) in [6, 6.07) is 4.15. The second-order valence-electron chi connectivity index (χ2n) is 4.20. The largest absolute Gasteiger partial charge is 0.573 e. The van der Waals surface area contributed by atoms with Crippen LogP contribution in [-0.4, -0.2) is 24.0 Å². The minimum atomic E-state index is -5.07. The van der Waals surface area contributed by atoms with Gasteiger partial charge in [-0.05, 0) is 19.1 Å². The molecule has 0 bridgehead atoms. The van der Waals surface area contributed by atoms with Crippen LogP contribution < -0.4 is 15.8 Å². The van der Waals surface area contributed by atoms with Crippen LogP contribution >= 0.6 is 0 Å². The van der Waals surface area contributed by atoms with Gasteiger partial charge >= 0.3 is 12.5 Å². The number of carbonyl (C=O) groups is 1. The molecule has 0 heterocycles. The van der Waals surface area contributed by atoms with Crippen molar-refractivity contribution in [3.63, 3.8) is 0 Å². The van der Waals surface area contributed by atoms with Gasteiger partial charge in [0.05, 0.1) is 5.69 Å². The zero-order valence-electron chi connectivity index (χ0n) is 10.5. The number of halogens is 6. The van der Waals surface area contributed by atoms with Crippen LogP contribution in [0.3, 0.4) is 0 Å². The van der Waals surface area contributed by atoms with E-state index in [1.807, 2.05) is 0 Å². The smallest absolute Gasteiger partial charge is 0.404 e. The van der Waals surface area contributed by atoms with Gasteiger partial charge in [-0.15, -0.1) is 13.2 Å². The van der Waals surface area contributed by atoms with Crippen LogP contribution in [0.4, 0.5) is 32.0 Å². The van der Waals surface area contributed by atoms with E-state index in [0.29, 0.717) is 6.92 Å². The Balaban J connectivity index is 3.02. The second kappa shape index (κ2) is 5.43. The average molecular weight is 316 g/mol. The fraction of sp³-hybridized carbons (Fsp3) is 0.364. The summed E-state index contributed by atoms with van der Waals surface area (Å²) in [4.78, 5) is 11.5. The maximum atomic E-state index is 12.6. The maximum absolute atomic E-state index is 12.6. The van der Waals surface area contributed by atoms with E-state index >= 15 is 0 Å². The zero-order chi connectivity index (χ0) is 16.5. The van der Waals surface area contributed by atoms with E-state index in [1.165, 1.54) is 6.07 Å². The van der Waals surface area contributed by atoms with Crippen LogP contribution in [0, 0.1) is 0 Å². The number of alkyl halides is 6. The van der Waals surface area contributed by atoms with Crippen LogP contribution in [0.25, 0.3) is 0 Å². The lowest BCUT2D eigenvalue weighted by molar-refractivity contribution is -0.274. The highest BCUT2D eigenvalue weighted by Gasteiger charge is 2.54. The molecule has 10 heteroatoms. The summed E-state index contributed by atoms with van der Waals surface area (Å²) < 4.78 is 77.7. The summed E-state index contributed by atoms with van der Waals surface area (Å²) in [6.07, 6.45) is -10.1. The van der Waals surface area contributed by atoms with Gasteiger partial charge in [0.2, 0.25) is 0 Å². The molecule has 0 aliphatic carbocycles. The van der Waals surface area contributed by atoms with E-state index in [2.05, 4.69) is 4.74 Å². The van der Waals surface area contributed by atoms with Crippen molar-refractivity contribution in [3.8, 4) is 5.75 Å². The Hall–Kier alpha value is -1.97. The highest BCUT2D eigenvalue weighted by atomic mass is 19.4. The van der Waals surface area contributed by atoms with E-state index in [-0.39, 0.29) is 0 Å². The molecule has 0 aliphatic heterocycles. The lowest BCUT2D eigenvalue weighted by Gasteiger charge is -2.26. The zero-order valence-corrected chi connectivity index (χ0v) is 10.5. The first-order valence-corrected chi connectivity index (χ1v) is 5.36. The third-order valence-electron chi connectivity index (χ3n) is 2.42. The molecule has 0 spiro atoms. The number of hydrogen-bond acceptors (Lipinski definition) is 3. The Morgan fingerprint density at radius 3 is 2.14 bits per heavy atom. The Morgan fingerprint density at radius 1 is 1.14 bits per heavy atom. The summed E-state index contributed by atoms with van der Waals surface area (Å²) in [5, 5.41) is 1.67. The lowest BCUT2D eigenvalue weighted by Crippen LogP contribution is -2.59. The number of ether oxygens (including phenoxy) is 1. The van der Waals surface area contributed by atoms with Gasteiger partial charge in [0.25, 0.3) is 5.91 Å². The molecule has 0 saturated heterocycles. The van der Waals surface area contributed by atoms with Crippen molar-refractivity contribution in [1.29, 1.82) is 0 Å². The van der Waals surface area contributed by atoms with Gasteiger partial charge < -0.3 is 15.8 Å². The first-order valence-electron chi connectivity index (χ1n) is 5.36. The van der Waals surface area contributed by atoms with Crippen molar-refractivity contribution in [2.75, 3.05) is 5.32 Å². The van der Waals surface area contributed by atoms with Gasteiger partial charge in [-0.25, -0.2) is 0 Å². The van der Waals surface area contributed by atoms with Gasteiger partial charge in [0, 0.05) is 0 Å². The fourth-order valence-corrected chi connectivity index (χ4v) is 1.16. The molecular weight excluding hydrogens is 306 g/mol. The van der Waals surface area contributed by atoms with Gasteiger partial charge in [-0.1, -0.05) is 12.1 Å². The van der Waals surface area contributed by atoms with Crippen LogP contribution in [-0.2, 0) is 4.79 Å². The van der Waals surface area contributed by atoms with Crippen LogP contribution in [0.2, 0.25) is 0 Å². The average Bonchev–Trinajstić information content (AvgIpc) is 2.28. The Kier molecular flexibility index (Phi) is 4.42. The Labute approximate surface area is 114 Å². The van der Waals surface area contributed by atoms with Crippen molar-refractivity contribution < 1.29 is 35.9 Å². The molecule has 21 heavy (non-hydrogen) atoms. The predicted octanol–water partition coefficient (Wildman–Crippen LogP) is 2.80. The number of amides is 1. The van der Waals surface area contributed by atoms with Crippen molar-refractivity contribution in [2.24, 2.45) is 5.73 Å². The molecule has 4 nitrogen and oxygen atoms in total. The monoisotopic (exact) mass is 316 g/mol. The Morgan fingerprint density at radius 2 is 1.67 bits per heavy atom. The number of carbonyl (C=O) groups excluding carboxylic acids is 1. The van der Waals surface area contributed by atoms with E-state index < -0.39 is 35.4 Å². The normalized spacial score (nSPS) is 15.2. The molecule has 0 aliphatic rings. The molecule has 1 atom stereocenters. The number of benzene rings is 1. The summed E-state index contributed by atoms with van der Waals surface area (Å²) in [6.45, 7) is 0.398. The van der Waals surface area contributed by atoms with E-state index in [9.17, 15) is 31.1 Å². The first kappa shape index (κ1) is 17.1. The minimum absolute atomic E-state index is 0.398. The quantitative estimate of drug-likeness (QED) is 0.843. The molecule has 0 radical (unpaired) electrons. The Bertz CT molecular complexity index is 524. The van der Waals surface area contributed by atoms with Crippen molar-refractivity contribution in [1.82, 2.24) is 0 Å². The molecule has 1 aromatic rings. The predicted molar refractivity (Wildman–Crippen MR) is 60.4 cm³/mol. The van der Waals surface area contributed by atoms with Gasteiger partial charge in [0.15, 0.2) is 11.3 Å². The molecule has 3 N–H and O–H groups in total. The summed E-state index contributed by atoms with van der Waals surface area (Å²) >= 11 is 0.